The minimum Gasteiger partial charge on any atom is -0.481 e. The Balaban J connectivity index is 1.69. The molecule has 2 aromatic carbocycles. The van der Waals surface area contributed by atoms with Crippen molar-refractivity contribution < 1.29 is 27.3 Å². The molecule has 0 aromatic heterocycles. The van der Waals surface area contributed by atoms with Gasteiger partial charge in [-0.3, -0.25) is 14.9 Å². The Labute approximate surface area is 185 Å². The summed E-state index contributed by atoms with van der Waals surface area (Å²) in [6.07, 6.45) is 3.61. The molecule has 1 amide bonds. The molecule has 1 aliphatic rings. The van der Waals surface area contributed by atoms with Gasteiger partial charge in [0.1, 0.15) is 0 Å². The van der Waals surface area contributed by atoms with Crippen molar-refractivity contribution in [1.82, 2.24) is 4.31 Å². The fraction of sp³-hybridized carbons (Fsp3) is 0.381. The number of hydrogen-bond acceptors (Lipinski definition) is 6. The number of aryl methyl sites for hydroxylation is 1. The lowest BCUT2D eigenvalue weighted by atomic mass is 10.2. The van der Waals surface area contributed by atoms with E-state index in [-0.39, 0.29) is 16.3 Å². The summed E-state index contributed by atoms with van der Waals surface area (Å²) >= 11 is 0. The zero-order valence-corrected chi connectivity index (χ0v) is 18.4. The second kappa shape index (κ2) is 10.0. The predicted octanol–water partition coefficient (Wildman–Crippen LogP) is 3.62. The van der Waals surface area contributed by atoms with Gasteiger partial charge in [-0.05, 0) is 43.5 Å². The van der Waals surface area contributed by atoms with Crippen LogP contribution in [0.1, 0.15) is 31.2 Å². The van der Waals surface area contributed by atoms with Crippen molar-refractivity contribution in [2.75, 3.05) is 25.0 Å². The molecule has 11 heteroatoms. The number of nitrogens with zero attached hydrogens (tertiary/aromatic N) is 2. The summed E-state index contributed by atoms with van der Waals surface area (Å²) in [4.78, 5) is 22.3. The van der Waals surface area contributed by atoms with Crippen molar-refractivity contribution in [3.63, 3.8) is 0 Å². The van der Waals surface area contributed by atoms with E-state index < -0.39 is 39.0 Å². The van der Waals surface area contributed by atoms with Gasteiger partial charge in [-0.15, -0.1) is 0 Å². The maximum absolute atomic E-state index is 13.9. The van der Waals surface area contributed by atoms with Gasteiger partial charge in [0.2, 0.25) is 10.0 Å². The Kier molecular flexibility index (Phi) is 7.41. The van der Waals surface area contributed by atoms with Crippen LogP contribution in [-0.2, 0) is 14.8 Å². The molecule has 1 N–H and O–H groups in total. The van der Waals surface area contributed by atoms with Gasteiger partial charge in [0, 0.05) is 24.8 Å². The smallest absolute Gasteiger partial charge is 0.272 e. The van der Waals surface area contributed by atoms with E-state index in [0.29, 0.717) is 24.7 Å². The van der Waals surface area contributed by atoms with Crippen molar-refractivity contribution in [3.05, 3.63) is 57.9 Å². The molecule has 1 heterocycles. The maximum Gasteiger partial charge on any atom is 0.272 e. The summed E-state index contributed by atoms with van der Waals surface area (Å²) in [5.41, 5.74) is 0.398. The summed E-state index contributed by atoms with van der Waals surface area (Å²) < 4.78 is 46.7. The summed E-state index contributed by atoms with van der Waals surface area (Å²) in [7, 11) is -3.70. The molecule has 1 saturated heterocycles. The lowest BCUT2D eigenvalue weighted by molar-refractivity contribution is -0.385. The number of anilines is 1. The number of nitrogens with one attached hydrogen (secondary N) is 1. The van der Waals surface area contributed by atoms with E-state index in [1.165, 1.54) is 10.4 Å². The van der Waals surface area contributed by atoms with Crippen molar-refractivity contribution in [2.24, 2.45) is 0 Å². The largest absolute Gasteiger partial charge is 0.481 e. The Morgan fingerprint density at radius 3 is 2.47 bits per heavy atom. The number of nitro groups is 1. The van der Waals surface area contributed by atoms with E-state index >= 15 is 0 Å². The molecule has 0 saturated carbocycles. The number of sulfonamides is 1. The van der Waals surface area contributed by atoms with Gasteiger partial charge in [0.05, 0.1) is 15.9 Å². The van der Waals surface area contributed by atoms with Crippen molar-refractivity contribution in [3.8, 4) is 5.75 Å². The first kappa shape index (κ1) is 23.6. The third-order valence-corrected chi connectivity index (χ3v) is 7.18. The monoisotopic (exact) mass is 465 g/mol. The van der Waals surface area contributed by atoms with E-state index in [1.807, 2.05) is 0 Å². The van der Waals surface area contributed by atoms with E-state index in [9.17, 15) is 27.7 Å². The molecule has 0 atom stereocenters. The Morgan fingerprint density at radius 1 is 1.16 bits per heavy atom. The molecular weight excluding hydrogens is 441 g/mol. The highest BCUT2D eigenvalue weighted by molar-refractivity contribution is 7.89. The number of rotatable bonds is 7. The van der Waals surface area contributed by atoms with Crippen LogP contribution in [0.3, 0.4) is 0 Å². The van der Waals surface area contributed by atoms with Gasteiger partial charge in [-0.25, -0.2) is 12.8 Å². The molecule has 32 heavy (non-hydrogen) atoms. The third kappa shape index (κ3) is 5.60. The van der Waals surface area contributed by atoms with Gasteiger partial charge >= 0.3 is 0 Å². The second-order valence-corrected chi connectivity index (χ2v) is 9.41. The molecule has 2 aromatic rings. The number of ether oxygens (including phenoxy) is 1. The molecule has 0 aliphatic carbocycles. The van der Waals surface area contributed by atoms with Crippen molar-refractivity contribution in [2.45, 2.75) is 37.5 Å². The Morgan fingerprint density at radius 2 is 1.84 bits per heavy atom. The summed E-state index contributed by atoms with van der Waals surface area (Å²) in [5.74, 6) is -1.91. The lowest BCUT2D eigenvalue weighted by Gasteiger charge is -2.21. The predicted molar refractivity (Wildman–Crippen MR) is 116 cm³/mol. The number of benzene rings is 2. The van der Waals surface area contributed by atoms with Gasteiger partial charge in [-0.1, -0.05) is 18.9 Å². The van der Waals surface area contributed by atoms with Crippen molar-refractivity contribution in [1.29, 1.82) is 0 Å². The van der Waals surface area contributed by atoms with Gasteiger partial charge in [-0.2, -0.15) is 4.31 Å². The molecule has 0 bridgehead atoms. The third-order valence-electron chi connectivity index (χ3n) is 5.14. The van der Waals surface area contributed by atoms with Gasteiger partial charge < -0.3 is 10.1 Å². The molecule has 3 rings (SSSR count). The normalized spacial score (nSPS) is 15.1. The van der Waals surface area contributed by atoms with E-state index in [2.05, 4.69) is 5.32 Å². The first-order chi connectivity index (χ1) is 15.2. The quantitative estimate of drug-likeness (QED) is 0.493. The van der Waals surface area contributed by atoms with Crippen LogP contribution < -0.4 is 10.1 Å². The Bertz CT molecular complexity index is 1110. The first-order valence-electron chi connectivity index (χ1n) is 10.2. The van der Waals surface area contributed by atoms with Gasteiger partial charge in [0.25, 0.3) is 11.6 Å². The van der Waals surface area contributed by atoms with E-state index in [0.717, 1.165) is 37.8 Å². The molecule has 1 aliphatic heterocycles. The fourth-order valence-electron chi connectivity index (χ4n) is 3.44. The highest BCUT2D eigenvalue weighted by Gasteiger charge is 2.27. The number of hydrogen-bond donors (Lipinski definition) is 1. The Hall–Kier alpha value is -3.05. The fourth-order valence-corrected chi connectivity index (χ4v) is 5.21. The number of carbonyl (C=O) groups excluding carboxylic acids is 1. The van der Waals surface area contributed by atoms with Crippen LogP contribution >= 0.6 is 0 Å². The lowest BCUT2D eigenvalue weighted by Crippen LogP contribution is -2.32. The van der Waals surface area contributed by atoms with Crippen LogP contribution in [0, 0.1) is 22.9 Å². The molecule has 0 radical (unpaired) electrons. The topological polar surface area (TPSA) is 119 Å². The molecule has 0 unspecified atom stereocenters. The van der Waals surface area contributed by atoms with Crippen molar-refractivity contribution >= 4 is 27.3 Å². The van der Waals surface area contributed by atoms with Crippen LogP contribution in [-0.4, -0.2) is 43.2 Å². The number of nitro benzene ring substituents is 1. The van der Waals surface area contributed by atoms with E-state index in [1.54, 1.807) is 19.1 Å². The molecular formula is C21H24FN3O6S. The summed E-state index contributed by atoms with van der Waals surface area (Å²) in [6, 6.07) is 7.42. The average Bonchev–Trinajstić information content (AvgIpc) is 3.04. The van der Waals surface area contributed by atoms with E-state index in [4.69, 9.17) is 4.74 Å². The standard InChI is InChI=1S/C21H24FN3O6S/c1-15-6-7-16(12-20(15)32(29,30)24-10-4-2-3-5-11-24)23-21(26)14-31-19-9-8-17(25(27)28)13-18(19)22/h6-9,12-13H,2-5,10-11,14H2,1H3,(H,23,26). The maximum atomic E-state index is 13.9. The zero-order chi connectivity index (χ0) is 23.3. The van der Waals surface area contributed by atoms with Crippen LogP contribution in [0.2, 0.25) is 0 Å². The molecule has 0 spiro atoms. The minimum absolute atomic E-state index is 0.125. The average molecular weight is 466 g/mol. The first-order valence-corrected chi connectivity index (χ1v) is 11.6. The summed E-state index contributed by atoms with van der Waals surface area (Å²) in [5, 5.41) is 13.2. The summed E-state index contributed by atoms with van der Waals surface area (Å²) in [6.45, 7) is 2.06. The van der Waals surface area contributed by atoms with Crippen LogP contribution in [0.4, 0.5) is 15.8 Å². The van der Waals surface area contributed by atoms with Crippen LogP contribution in [0.25, 0.3) is 0 Å². The number of non-ortho nitro benzene ring substituents is 1. The number of halogens is 1. The van der Waals surface area contributed by atoms with Crippen LogP contribution in [0.15, 0.2) is 41.3 Å². The van der Waals surface area contributed by atoms with Gasteiger partial charge in [0.15, 0.2) is 18.2 Å². The molecule has 172 valence electrons. The number of carbonyl (C=O) groups is 1. The highest BCUT2D eigenvalue weighted by Crippen LogP contribution is 2.26. The highest BCUT2D eigenvalue weighted by atomic mass is 32.2. The molecule has 9 nitrogen and oxygen atoms in total. The molecule has 1 fully saturated rings. The zero-order valence-electron chi connectivity index (χ0n) is 17.5. The minimum atomic E-state index is -3.70. The second-order valence-electron chi connectivity index (χ2n) is 7.51. The number of amides is 1. The van der Waals surface area contributed by atoms with Crippen LogP contribution in [0.5, 0.6) is 5.75 Å². The SMILES string of the molecule is Cc1ccc(NC(=O)COc2ccc([N+](=O)[O-])cc2F)cc1S(=O)(=O)N1CCCCCC1.